The number of aromatic hydroxyl groups is 1. The van der Waals surface area contributed by atoms with Gasteiger partial charge in [-0.15, -0.1) is 0 Å². The van der Waals surface area contributed by atoms with Crippen molar-refractivity contribution in [2.75, 3.05) is 13.7 Å². The number of benzene rings is 1. The molecule has 1 fully saturated rings. The quantitative estimate of drug-likeness (QED) is 0.826. The van der Waals surface area contributed by atoms with Gasteiger partial charge in [-0.1, -0.05) is 25.8 Å². The Balaban J connectivity index is 1.88. The van der Waals surface area contributed by atoms with Crippen LogP contribution in [0.1, 0.15) is 44.6 Å². The third-order valence-corrected chi connectivity index (χ3v) is 4.49. The molecule has 0 radical (unpaired) electrons. The lowest BCUT2D eigenvalue weighted by Crippen LogP contribution is -2.31. The summed E-state index contributed by atoms with van der Waals surface area (Å²) >= 11 is 0. The van der Waals surface area contributed by atoms with E-state index in [0.717, 1.165) is 18.7 Å². The number of phenolic OH excluding ortho intramolecular Hbond substituents is 1. The Morgan fingerprint density at radius 3 is 2.68 bits per heavy atom. The number of methoxy groups -OCH3 is 1. The van der Waals surface area contributed by atoms with Crippen molar-refractivity contribution < 1.29 is 9.84 Å². The minimum absolute atomic E-state index is 0.201. The zero-order valence-corrected chi connectivity index (χ0v) is 12.0. The molecule has 106 valence electrons. The topological polar surface area (TPSA) is 41.5 Å². The van der Waals surface area contributed by atoms with Crippen molar-refractivity contribution in [3.05, 3.63) is 23.8 Å². The molecule has 1 aromatic carbocycles. The van der Waals surface area contributed by atoms with E-state index in [-0.39, 0.29) is 5.75 Å². The van der Waals surface area contributed by atoms with Crippen molar-refractivity contribution in [1.29, 1.82) is 0 Å². The van der Waals surface area contributed by atoms with Crippen LogP contribution in [-0.4, -0.2) is 18.8 Å². The molecule has 0 unspecified atom stereocenters. The molecule has 1 aromatic rings. The SMILES string of the molecule is CCC1(CNCc2ccc(O)c(OC)c2)CCCC1. The average molecular weight is 263 g/mol. The molecule has 1 aliphatic rings. The van der Waals surface area contributed by atoms with Gasteiger partial charge in [0.05, 0.1) is 7.11 Å². The Kier molecular flexibility index (Phi) is 4.70. The first-order valence-electron chi connectivity index (χ1n) is 7.26. The molecule has 3 nitrogen and oxygen atoms in total. The van der Waals surface area contributed by atoms with E-state index in [1.165, 1.54) is 32.1 Å². The highest BCUT2D eigenvalue weighted by molar-refractivity contribution is 5.41. The summed E-state index contributed by atoms with van der Waals surface area (Å²) in [6.07, 6.45) is 6.73. The van der Waals surface area contributed by atoms with Crippen LogP contribution in [0.15, 0.2) is 18.2 Å². The second-order valence-electron chi connectivity index (χ2n) is 5.67. The van der Waals surface area contributed by atoms with Gasteiger partial charge in [0.1, 0.15) is 0 Å². The van der Waals surface area contributed by atoms with Crippen LogP contribution < -0.4 is 10.1 Å². The van der Waals surface area contributed by atoms with Gasteiger partial charge in [0.25, 0.3) is 0 Å². The van der Waals surface area contributed by atoms with Gasteiger partial charge in [0.15, 0.2) is 11.5 Å². The van der Waals surface area contributed by atoms with Gasteiger partial charge < -0.3 is 15.2 Å². The zero-order valence-electron chi connectivity index (χ0n) is 12.0. The Bertz CT molecular complexity index is 411. The fraction of sp³-hybridized carbons (Fsp3) is 0.625. The lowest BCUT2D eigenvalue weighted by Gasteiger charge is -2.27. The fourth-order valence-corrected chi connectivity index (χ4v) is 3.08. The number of hydrogen-bond acceptors (Lipinski definition) is 3. The first-order valence-corrected chi connectivity index (χ1v) is 7.26. The smallest absolute Gasteiger partial charge is 0.160 e. The zero-order chi connectivity index (χ0) is 13.7. The van der Waals surface area contributed by atoms with E-state index in [4.69, 9.17) is 4.74 Å². The summed E-state index contributed by atoms with van der Waals surface area (Å²) in [5, 5.41) is 13.1. The largest absolute Gasteiger partial charge is 0.504 e. The summed E-state index contributed by atoms with van der Waals surface area (Å²) in [5.41, 5.74) is 1.67. The van der Waals surface area contributed by atoms with Crippen LogP contribution in [0.3, 0.4) is 0 Å². The molecule has 3 heteroatoms. The van der Waals surface area contributed by atoms with Gasteiger partial charge in [-0.05, 0) is 42.4 Å². The summed E-state index contributed by atoms with van der Waals surface area (Å²) in [6.45, 7) is 4.22. The van der Waals surface area contributed by atoms with Crippen molar-refractivity contribution in [2.24, 2.45) is 5.41 Å². The molecule has 0 aliphatic heterocycles. The summed E-state index contributed by atoms with van der Waals surface area (Å²) < 4.78 is 5.13. The molecule has 0 spiro atoms. The predicted molar refractivity (Wildman–Crippen MR) is 77.6 cm³/mol. The van der Waals surface area contributed by atoms with Crippen LogP contribution >= 0.6 is 0 Å². The van der Waals surface area contributed by atoms with E-state index in [0.29, 0.717) is 11.2 Å². The summed E-state index contributed by atoms with van der Waals surface area (Å²) in [7, 11) is 1.58. The third kappa shape index (κ3) is 3.41. The summed E-state index contributed by atoms with van der Waals surface area (Å²) in [4.78, 5) is 0. The minimum atomic E-state index is 0.201. The van der Waals surface area contributed by atoms with E-state index >= 15 is 0 Å². The van der Waals surface area contributed by atoms with Gasteiger partial charge in [-0.25, -0.2) is 0 Å². The fourth-order valence-electron chi connectivity index (χ4n) is 3.08. The molecule has 19 heavy (non-hydrogen) atoms. The van der Waals surface area contributed by atoms with Gasteiger partial charge in [-0.3, -0.25) is 0 Å². The monoisotopic (exact) mass is 263 g/mol. The number of phenols is 1. The molecule has 1 aliphatic carbocycles. The van der Waals surface area contributed by atoms with Crippen LogP contribution in [0.5, 0.6) is 11.5 Å². The second-order valence-corrected chi connectivity index (χ2v) is 5.67. The molecule has 2 N–H and O–H groups in total. The molecule has 0 saturated heterocycles. The Morgan fingerprint density at radius 2 is 2.05 bits per heavy atom. The molecule has 0 bridgehead atoms. The number of nitrogens with one attached hydrogen (secondary N) is 1. The number of ether oxygens (including phenoxy) is 1. The van der Waals surface area contributed by atoms with E-state index in [1.54, 1.807) is 13.2 Å². The van der Waals surface area contributed by atoms with Crippen LogP contribution in [0.4, 0.5) is 0 Å². The van der Waals surface area contributed by atoms with Crippen molar-refractivity contribution in [2.45, 2.75) is 45.6 Å². The van der Waals surface area contributed by atoms with Gasteiger partial charge in [0, 0.05) is 13.1 Å². The average Bonchev–Trinajstić information content (AvgIpc) is 2.90. The van der Waals surface area contributed by atoms with Crippen LogP contribution in [0, 0.1) is 5.41 Å². The first-order chi connectivity index (χ1) is 9.19. The molecule has 0 atom stereocenters. The van der Waals surface area contributed by atoms with Crippen LogP contribution in [0.2, 0.25) is 0 Å². The highest BCUT2D eigenvalue weighted by Crippen LogP contribution is 2.40. The predicted octanol–water partition coefficient (Wildman–Crippen LogP) is 3.46. The van der Waals surface area contributed by atoms with E-state index in [2.05, 4.69) is 12.2 Å². The standard InChI is InChI=1S/C16H25NO2/c1-3-16(8-4-5-9-16)12-17-11-13-6-7-14(18)15(10-13)19-2/h6-7,10,17-18H,3-5,8-9,11-12H2,1-2H3. The molecular weight excluding hydrogens is 238 g/mol. The molecule has 1 saturated carbocycles. The van der Waals surface area contributed by atoms with E-state index < -0.39 is 0 Å². The normalized spacial score (nSPS) is 17.6. The minimum Gasteiger partial charge on any atom is -0.504 e. The first kappa shape index (κ1) is 14.2. The molecule has 0 aromatic heterocycles. The Labute approximate surface area is 116 Å². The number of hydrogen-bond donors (Lipinski definition) is 2. The van der Waals surface area contributed by atoms with Crippen LogP contribution in [-0.2, 0) is 6.54 Å². The maximum atomic E-state index is 9.57. The lowest BCUT2D eigenvalue weighted by molar-refractivity contribution is 0.268. The van der Waals surface area contributed by atoms with Gasteiger partial charge >= 0.3 is 0 Å². The molecule has 0 amide bonds. The molecular formula is C16H25NO2. The van der Waals surface area contributed by atoms with Gasteiger partial charge in [-0.2, -0.15) is 0 Å². The van der Waals surface area contributed by atoms with Gasteiger partial charge in [0.2, 0.25) is 0 Å². The summed E-state index contributed by atoms with van der Waals surface area (Å²) in [5.74, 6) is 0.748. The maximum Gasteiger partial charge on any atom is 0.160 e. The highest BCUT2D eigenvalue weighted by Gasteiger charge is 2.31. The van der Waals surface area contributed by atoms with Crippen molar-refractivity contribution in [3.8, 4) is 11.5 Å². The highest BCUT2D eigenvalue weighted by atomic mass is 16.5. The van der Waals surface area contributed by atoms with Crippen LogP contribution in [0.25, 0.3) is 0 Å². The molecule has 2 rings (SSSR count). The van der Waals surface area contributed by atoms with Crippen molar-refractivity contribution >= 4 is 0 Å². The van der Waals surface area contributed by atoms with Crippen molar-refractivity contribution in [3.63, 3.8) is 0 Å². The molecule has 0 heterocycles. The van der Waals surface area contributed by atoms with E-state index in [9.17, 15) is 5.11 Å². The Hall–Kier alpha value is -1.22. The lowest BCUT2D eigenvalue weighted by atomic mass is 9.83. The third-order valence-electron chi connectivity index (χ3n) is 4.49. The Morgan fingerprint density at radius 1 is 1.32 bits per heavy atom. The van der Waals surface area contributed by atoms with E-state index in [1.807, 2.05) is 12.1 Å². The summed E-state index contributed by atoms with van der Waals surface area (Å²) in [6, 6.07) is 5.54. The maximum absolute atomic E-state index is 9.57. The second kappa shape index (κ2) is 6.29. The van der Waals surface area contributed by atoms with Crippen molar-refractivity contribution in [1.82, 2.24) is 5.32 Å². The number of rotatable bonds is 6.